The van der Waals surface area contributed by atoms with E-state index in [2.05, 4.69) is 32.9 Å². The third-order valence-electron chi connectivity index (χ3n) is 4.17. The van der Waals surface area contributed by atoms with Crippen LogP contribution in [0.5, 0.6) is 0 Å². The van der Waals surface area contributed by atoms with E-state index in [1.54, 1.807) is 0 Å². The minimum absolute atomic E-state index is 0.986. The molecular weight excluding hydrogens is 353 g/mol. The quantitative estimate of drug-likeness (QED) is 0.483. The van der Waals surface area contributed by atoms with E-state index in [0.717, 1.165) is 33.9 Å². The summed E-state index contributed by atoms with van der Waals surface area (Å²) in [6.07, 6.45) is 2.07. The van der Waals surface area contributed by atoms with Crippen molar-refractivity contribution in [3.8, 4) is 0 Å². The van der Waals surface area contributed by atoms with Gasteiger partial charge in [0.05, 0.1) is 0 Å². The summed E-state index contributed by atoms with van der Waals surface area (Å²) in [7, 11) is 0. The van der Waals surface area contributed by atoms with E-state index in [9.17, 15) is 0 Å². The third kappa shape index (κ3) is 1.51. The maximum Gasteiger partial charge on any atom is 0.605 e. The van der Waals surface area contributed by atoms with Gasteiger partial charge in [-0.1, -0.05) is 0 Å². The monoisotopic (exact) mass is 370 g/mol. The lowest BCUT2D eigenvalue weighted by molar-refractivity contribution is -0.339. The van der Waals surface area contributed by atoms with Crippen molar-refractivity contribution < 1.29 is 8.80 Å². The number of aromatic nitrogens is 1. The van der Waals surface area contributed by atoms with Crippen molar-refractivity contribution >= 4 is 38.2 Å². The van der Waals surface area contributed by atoms with Crippen LogP contribution in [-0.2, 0) is 0 Å². The summed E-state index contributed by atoms with van der Waals surface area (Å²) < 4.78 is 17.0. The molecule has 1 atom stereocenters. The molecule has 0 radical (unpaired) electrons. The van der Waals surface area contributed by atoms with Gasteiger partial charge in [0.2, 0.25) is 0 Å². The second-order valence-electron chi connectivity index (χ2n) is 5.59. The van der Waals surface area contributed by atoms with Crippen molar-refractivity contribution in [3.05, 3.63) is 40.4 Å². The van der Waals surface area contributed by atoms with Gasteiger partial charge in [-0.3, -0.25) is 0 Å². The average molecular weight is 370 g/mol. The zero-order valence-electron chi connectivity index (χ0n) is 11.9. The summed E-state index contributed by atoms with van der Waals surface area (Å²) in [6.45, 7) is 10.2. The molecule has 2 aliphatic heterocycles. The van der Waals surface area contributed by atoms with Crippen LogP contribution in [0.4, 0.5) is 4.32 Å². The standard InChI is InChI=1S/C14H17BFIN2/c1-8-6-10(3)18-13(8)12(5)14-9(2)7-11(4)19(14)15(18,16)17/h6-7H,1-5H3. The largest absolute Gasteiger partial charge is 0.605 e. The minimum atomic E-state index is -2.32. The summed E-state index contributed by atoms with van der Waals surface area (Å²) in [4.78, 5) is 0. The Morgan fingerprint density at radius 2 is 1.84 bits per heavy atom. The van der Waals surface area contributed by atoms with Gasteiger partial charge in [-0.15, -0.1) is 0 Å². The second kappa shape index (κ2) is 3.84. The van der Waals surface area contributed by atoms with Gasteiger partial charge in [-0.25, -0.2) is 0 Å². The Balaban J connectivity index is 2.47. The fourth-order valence-electron chi connectivity index (χ4n) is 3.62. The highest BCUT2D eigenvalue weighted by atomic mass is 127. The molecule has 3 heterocycles. The van der Waals surface area contributed by atoms with E-state index in [0.29, 0.717) is 0 Å². The number of allylic oxidation sites excluding steroid dienone is 3. The van der Waals surface area contributed by atoms with Gasteiger partial charge >= 0.3 is 4.55 Å². The Morgan fingerprint density at radius 3 is 2.47 bits per heavy atom. The van der Waals surface area contributed by atoms with Crippen molar-refractivity contribution in [2.24, 2.45) is 0 Å². The van der Waals surface area contributed by atoms with E-state index in [4.69, 9.17) is 0 Å². The molecule has 5 heteroatoms. The Hall–Kier alpha value is -0.845. The molecule has 0 saturated heterocycles. The van der Waals surface area contributed by atoms with Gasteiger partial charge in [-0.2, -0.15) is 22.4 Å². The van der Waals surface area contributed by atoms with Crippen LogP contribution in [-0.4, -0.2) is 19.2 Å². The highest BCUT2D eigenvalue weighted by Gasteiger charge is 2.49. The molecule has 0 saturated carbocycles. The lowest BCUT2D eigenvalue weighted by atomic mass is 9.91. The first-order valence-corrected chi connectivity index (χ1v) is 7.75. The fraction of sp³-hybridized carbons (Fsp3) is 0.357. The molecule has 0 aliphatic carbocycles. The van der Waals surface area contributed by atoms with Crippen molar-refractivity contribution in [3.63, 3.8) is 0 Å². The van der Waals surface area contributed by atoms with Crippen LogP contribution in [0.2, 0.25) is 0 Å². The van der Waals surface area contributed by atoms with Crippen LogP contribution >= 0.6 is 22.4 Å². The number of aryl methyl sites for hydroxylation is 2. The van der Waals surface area contributed by atoms with Crippen LogP contribution in [0.1, 0.15) is 37.7 Å². The second-order valence-corrected chi connectivity index (χ2v) is 7.17. The van der Waals surface area contributed by atoms with Crippen molar-refractivity contribution in [2.75, 3.05) is 0 Å². The molecule has 2 aliphatic rings. The molecule has 0 fully saturated rings. The van der Waals surface area contributed by atoms with Gasteiger partial charge in [-0.05, 0) is 45.0 Å². The fourth-order valence-corrected chi connectivity index (χ4v) is 5.05. The van der Waals surface area contributed by atoms with Crippen LogP contribution in [0.25, 0.3) is 5.57 Å². The summed E-state index contributed by atoms with van der Waals surface area (Å²) in [5.41, 5.74) is 7.54. The molecule has 1 aromatic rings. The molecule has 1 unspecified atom stereocenters. The number of hydrogen-bond donors (Lipinski definition) is 0. The van der Waals surface area contributed by atoms with Gasteiger partial charge in [0.1, 0.15) is 5.71 Å². The summed E-state index contributed by atoms with van der Waals surface area (Å²) in [6, 6.07) is 2.07. The normalized spacial score (nSPS) is 25.7. The van der Waals surface area contributed by atoms with Gasteiger partial charge in [0, 0.05) is 29.8 Å². The number of hydrogen-bond acceptors (Lipinski definition) is 0. The molecule has 3 rings (SSSR count). The Kier molecular flexibility index (Phi) is 2.66. The van der Waals surface area contributed by atoms with Crippen LogP contribution in [0, 0.1) is 13.8 Å². The molecule has 0 spiro atoms. The summed E-state index contributed by atoms with van der Waals surface area (Å²) in [5.74, 6) is 0. The maximum atomic E-state index is 15.5. The maximum absolute atomic E-state index is 15.5. The topological polar surface area (TPSA) is 7.94 Å². The Labute approximate surface area is 126 Å². The number of nitrogens with zero attached hydrogens (tertiary/aromatic N) is 2. The smallest absolute Gasteiger partial charge is 0.418 e. The first kappa shape index (κ1) is 13.2. The van der Waals surface area contributed by atoms with Crippen molar-refractivity contribution in [1.29, 1.82) is 0 Å². The molecule has 19 heavy (non-hydrogen) atoms. The molecule has 1 aromatic heterocycles. The Bertz CT molecular complexity index is 707. The van der Waals surface area contributed by atoms with E-state index in [1.165, 1.54) is 5.57 Å². The number of halogens is 2. The zero-order chi connectivity index (χ0) is 14.1. The van der Waals surface area contributed by atoms with Crippen LogP contribution in [0.15, 0.2) is 23.4 Å². The molecule has 0 bridgehead atoms. The highest BCUT2D eigenvalue weighted by molar-refractivity contribution is 14.1. The zero-order valence-corrected chi connectivity index (χ0v) is 14.0. The van der Waals surface area contributed by atoms with Crippen molar-refractivity contribution in [1.82, 2.24) is 4.48 Å². The van der Waals surface area contributed by atoms with Gasteiger partial charge < -0.3 is 13.3 Å². The first-order chi connectivity index (χ1) is 8.76. The summed E-state index contributed by atoms with van der Waals surface area (Å²) in [5, 5.41) is 0. The minimum Gasteiger partial charge on any atom is -0.418 e. The average Bonchev–Trinajstić information content (AvgIpc) is 2.74. The Morgan fingerprint density at radius 1 is 1.21 bits per heavy atom. The molecule has 0 amide bonds. The van der Waals surface area contributed by atoms with Crippen LogP contribution in [0.3, 0.4) is 0 Å². The third-order valence-corrected chi connectivity index (χ3v) is 5.29. The molecule has 2 nitrogen and oxygen atoms in total. The number of fused-ring (bicyclic) bond motifs is 2. The van der Waals surface area contributed by atoms with Crippen molar-refractivity contribution in [2.45, 2.75) is 34.6 Å². The lowest BCUT2D eigenvalue weighted by Gasteiger charge is -2.35. The van der Waals surface area contributed by atoms with E-state index in [-0.39, 0.29) is 0 Å². The number of rotatable bonds is 0. The SMILES string of the molecule is CC1=CC(C)=[N+]2C1=C(C)c1c(C)cc(C)n1[B-]2(F)I. The lowest BCUT2D eigenvalue weighted by Crippen LogP contribution is -2.49. The van der Waals surface area contributed by atoms with E-state index >= 15 is 4.32 Å². The predicted molar refractivity (Wildman–Crippen MR) is 87.5 cm³/mol. The molecular formula is C14H17BFIN2. The van der Waals surface area contributed by atoms with Gasteiger partial charge in [0.15, 0.2) is 5.70 Å². The molecule has 100 valence electrons. The highest BCUT2D eigenvalue weighted by Crippen LogP contribution is 2.42. The van der Waals surface area contributed by atoms with E-state index < -0.39 is 4.55 Å². The van der Waals surface area contributed by atoms with E-state index in [1.807, 2.05) is 45.2 Å². The predicted octanol–water partition coefficient (Wildman–Crippen LogP) is 3.97. The van der Waals surface area contributed by atoms with Crippen LogP contribution < -0.4 is 0 Å². The van der Waals surface area contributed by atoms with Gasteiger partial charge in [0.25, 0.3) is 0 Å². The summed E-state index contributed by atoms with van der Waals surface area (Å²) >= 11 is 1.97. The molecule has 0 aromatic carbocycles. The first-order valence-electron chi connectivity index (χ1n) is 6.50. The molecule has 0 N–H and O–H groups in total.